The van der Waals surface area contributed by atoms with Crippen LogP contribution >= 0.6 is 15.9 Å². The minimum atomic E-state index is 0.0419. The summed E-state index contributed by atoms with van der Waals surface area (Å²) >= 11 is 3.49. The third kappa shape index (κ3) is 9.65. The Balaban J connectivity index is 2.06. The maximum Gasteiger partial charge on any atom is 0.242 e. The largest absolute Gasteiger partial charge is 0.345 e. The van der Waals surface area contributed by atoms with Crippen LogP contribution in [0.3, 0.4) is 0 Å². The van der Waals surface area contributed by atoms with Crippen molar-refractivity contribution in [3.63, 3.8) is 0 Å². The molecule has 34 heavy (non-hydrogen) atoms. The van der Waals surface area contributed by atoms with Crippen LogP contribution in [0.2, 0.25) is 0 Å². The maximum atomic E-state index is 13.4. The summed E-state index contributed by atoms with van der Waals surface area (Å²) in [4.78, 5) is 29.9. The van der Waals surface area contributed by atoms with Crippen LogP contribution in [0, 0.1) is 0 Å². The first-order chi connectivity index (χ1) is 16.5. The third-order valence-corrected chi connectivity index (χ3v) is 6.62. The van der Waals surface area contributed by atoms with Gasteiger partial charge < -0.3 is 14.4 Å². The molecule has 0 aliphatic carbocycles. The van der Waals surface area contributed by atoms with Gasteiger partial charge in [0.05, 0.1) is 13.1 Å². The topological polar surface area (TPSA) is 45.6 Å². The summed E-state index contributed by atoms with van der Waals surface area (Å²) in [6.07, 6.45) is 9.75. The number of aromatic nitrogens is 1. The molecule has 0 N–H and O–H groups in total. The summed E-state index contributed by atoms with van der Waals surface area (Å²) in [5.41, 5.74) is 2.33. The van der Waals surface area contributed by atoms with Crippen LogP contribution in [0.15, 0.2) is 47.1 Å². The van der Waals surface area contributed by atoms with Crippen molar-refractivity contribution >= 4 is 27.7 Å². The SMILES string of the molecule is CCCCCCC(=O)N(CCC)CC(=O)N(CCCC)Cc1cccn1Cc1ccc(Br)cc1. The Kier molecular flexibility index (Phi) is 13.0. The van der Waals surface area contributed by atoms with Crippen LogP contribution < -0.4 is 0 Å². The minimum absolute atomic E-state index is 0.0419. The average Bonchev–Trinajstić information content (AvgIpc) is 3.26. The number of carbonyl (C=O) groups excluding carboxylic acids is 2. The third-order valence-electron chi connectivity index (χ3n) is 6.09. The lowest BCUT2D eigenvalue weighted by atomic mass is 10.1. The Morgan fingerprint density at radius 2 is 1.56 bits per heavy atom. The van der Waals surface area contributed by atoms with Crippen molar-refractivity contribution in [2.75, 3.05) is 19.6 Å². The first-order valence-corrected chi connectivity index (χ1v) is 13.7. The van der Waals surface area contributed by atoms with Gasteiger partial charge in [-0.05, 0) is 49.1 Å². The van der Waals surface area contributed by atoms with Gasteiger partial charge >= 0.3 is 0 Å². The average molecular weight is 533 g/mol. The van der Waals surface area contributed by atoms with Gasteiger partial charge in [-0.3, -0.25) is 9.59 Å². The van der Waals surface area contributed by atoms with Crippen molar-refractivity contribution in [3.05, 3.63) is 58.3 Å². The molecule has 1 aromatic carbocycles. The zero-order valence-corrected chi connectivity index (χ0v) is 22.9. The van der Waals surface area contributed by atoms with Gasteiger partial charge in [0.2, 0.25) is 11.8 Å². The molecule has 0 saturated heterocycles. The quantitative estimate of drug-likeness (QED) is 0.228. The number of carbonyl (C=O) groups is 2. The second-order valence-electron chi connectivity index (χ2n) is 9.05. The Hall–Kier alpha value is -2.08. The highest BCUT2D eigenvalue weighted by Crippen LogP contribution is 2.15. The van der Waals surface area contributed by atoms with Gasteiger partial charge in [-0.15, -0.1) is 0 Å². The molecule has 0 saturated carbocycles. The van der Waals surface area contributed by atoms with E-state index < -0.39 is 0 Å². The molecule has 0 spiro atoms. The predicted octanol–water partition coefficient (Wildman–Crippen LogP) is 6.64. The predicted molar refractivity (Wildman–Crippen MR) is 144 cm³/mol. The van der Waals surface area contributed by atoms with Crippen molar-refractivity contribution < 1.29 is 9.59 Å². The van der Waals surface area contributed by atoms with Gasteiger partial charge in [0.1, 0.15) is 0 Å². The molecule has 2 amide bonds. The molecule has 0 aliphatic rings. The molecular weight excluding hydrogens is 490 g/mol. The molecule has 6 heteroatoms. The molecule has 5 nitrogen and oxygen atoms in total. The highest BCUT2D eigenvalue weighted by Gasteiger charge is 2.21. The fourth-order valence-electron chi connectivity index (χ4n) is 4.06. The molecule has 0 atom stereocenters. The molecule has 0 aliphatic heterocycles. The molecule has 2 aromatic rings. The van der Waals surface area contributed by atoms with Gasteiger partial charge in [-0.25, -0.2) is 0 Å². The van der Waals surface area contributed by atoms with Crippen LogP contribution in [0.4, 0.5) is 0 Å². The fourth-order valence-corrected chi connectivity index (χ4v) is 4.32. The molecule has 2 rings (SSSR count). The number of unbranched alkanes of at least 4 members (excludes halogenated alkanes) is 4. The standard InChI is InChI=1S/C28H42BrN3O2/c1-4-7-9-10-13-27(33)31(18-6-3)23-28(34)32(19-8-5-2)22-26-12-11-20-30(26)21-24-14-16-25(29)17-15-24/h11-12,14-17,20H,4-10,13,18-19,21-23H2,1-3H3. The summed E-state index contributed by atoms with van der Waals surface area (Å²) in [7, 11) is 0. The minimum Gasteiger partial charge on any atom is -0.345 e. The van der Waals surface area contributed by atoms with E-state index in [9.17, 15) is 9.59 Å². The monoisotopic (exact) mass is 531 g/mol. The van der Waals surface area contributed by atoms with E-state index in [1.165, 1.54) is 5.56 Å². The normalized spacial score (nSPS) is 10.9. The molecule has 1 heterocycles. The number of rotatable bonds is 16. The highest BCUT2D eigenvalue weighted by molar-refractivity contribution is 9.10. The van der Waals surface area contributed by atoms with Crippen LogP contribution in [0.1, 0.15) is 83.4 Å². The van der Waals surface area contributed by atoms with E-state index in [0.717, 1.165) is 61.7 Å². The Bertz CT molecular complexity index is 863. The number of halogens is 1. The van der Waals surface area contributed by atoms with E-state index in [1.807, 2.05) is 11.0 Å². The summed E-state index contributed by atoms with van der Waals surface area (Å²) in [5.74, 6) is 0.153. The molecule has 1 aromatic heterocycles. The number of hydrogen-bond donors (Lipinski definition) is 0. The zero-order valence-electron chi connectivity index (χ0n) is 21.3. The fraction of sp³-hybridized carbons (Fsp3) is 0.571. The number of nitrogens with zero attached hydrogens (tertiary/aromatic N) is 3. The van der Waals surface area contributed by atoms with Gasteiger partial charge in [0.25, 0.3) is 0 Å². The van der Waals surface area contributed by atoms with Crippen molar-refractivity contribution in [1.82, 2.24) is 14.4 Å². The number of benzene rings is 1. The van der Waals surface area contributed by atoms with Crippen molar-refractivity contribution in [2.45, 2.75) is 85.2 Å². The van der Waals surface area contributed by atoms with Crippen LogP contribution in [0.25, 0.3) is 0 Å². The second-order valence-corrected chi connectivity index (χ2v) is 9.96. The number of hydrogen-bond acceptors (Lipinski definition) is 2. The van der Waals surface area contributed by atoms with E-state index in [0.29, 0.717) is 26.1 Å². The first-order valence-electron chi connectivity index (χ1n) is 12.9. The van der Waals surface area contributed by atoms with Crippen LogP contribution in [-0.4, -0.2) is 45.8 Å². The van der Waals surface area contributed by atoms with E-state index in [4.69, 9.17) is 0 Å². The zero-order chi connectivity index (χ0) is 24.8. The lowest BCUT2D eigenvalue weighted by molar-refractivity contribution is -0.141. The molecule has 0 fully saturated rings. The van der Waals surface area contributed by atoms with Crippen molar-refractivity contribution in [1.29, 1.82) is 0 Å². The molecule has 0 bridgehead atoms. The first kappa shape index (κ1) is 28.2. The van der Waals surface area contributed by atoms with Gasteiger partial charge in [0.15, 0.2) is 0 Å². The van der Waals surface area contributed by atoms with E-state index in [1.54, 1.807) is 4.90 Å². The molecular formula is C28H42BrN3O2. The molecule has 0 radical (unpaired) electrons. The van der Waals surface area contributed by atoms with Crippen LogP contribution in [-0.2, 0) is 22.7 Å². The van der Waals surface area contributed by atoms with Crippen molar-refractivity contribution in [2.24, 2.45) is 0 Å². The lowest BCUT2D eigenvalue weighted by Crippen LogP contribution is -2.43. The Morgan fingerprint density at radius 3 is 2.24 bits per heavy atom. The summed E-state index contributed by atoms with van der Waals surface area (Å²) in [5, 5.41) is 0. The van der Waals surface area contributed by atoms with Crippen LogP contribution in [0.5, 0.6) is 0 Å². The smallest absolute Gasteiger partial charge is 0.242 e. The van der Waals surface area contributed by atoms with E-state index in [-0.39, 0.29) is 18.4 Å². The maximum absolute atomic E-state index is 13.4. The van der Waals surface area contributed by atoms with Gasteiger partial charge in [0, 0.05) is 42.4 Å². The summed E-state index contributed by atoms with van der Waals surface area (Å²) in [6.45, 7) is 9.23. The summed E-state index contributed by atoms with van der Waals surface area (Å²) < 4.78 is 3.27. The highest BCUT2D eigenvalue weighted by atomic mass is 79.9. The van der Waals surface area contributed by atoms with Crippen molar-refractivity contribution in [3.8, 4) is 0 Å². The second kappa shape index (κ2) is 15.8. The van der Waals surface area contributed by atoms with Gasteiger partial charge in [-0.2, -0.15) is 0 Å². The molecule has 188 valence electrons. The van der Waals surface area contributed by atoms with E-state index in [2.05, 4.69) is 77.8 Å². The lowest BCUT2D eigenvalue weighted by Gasteiger charge is -2.28. The van der Waals surface area contributed by atoms with Gasteiger partial charge in [-0.1, -0.05) is 74.5 Å². The Labute approximate surface area is 214 Å². The summed E-state index contributed by atoms with van der Waals surface area (Å²) in [6, 6.07) is 12.5. The van der Waals surface area contributed by atoms with E-state index >= 15 is 0 Å². The number of amides is 2. The molecule has 0 unspecified atom stereocenters. The Morgan fingerprint density at radius 1 is 0.824 bits per heavy atom.